The molecule has 0 spiro atoms. The first-order valence-corrected chi connectivity index (χ1v) is 9.55. The van der Waals surface area contributed by atoms with Crippen LogP contribution in [0.15, 0.2) is 36.5 Å². The third-order valence-electron chi connectivity index (χ3n) is 5.08. The monoisotopic (exact) mass is 379 g/mol. The molecule has 7 nitrogen and oxygen atoms in total. The molecule has 0 aliphatic carbocycles. The zero-order chi connectivity index (χ0) is 19.5. The van der Waals surface area contributed by atoms with Crippen molar-refractivity contribution in [3.63, 3.8) is 0 Å². The average Bonchev–Trinajstić information content (AvgIpc) is 3.00. The molecule has 1 aromatic carbocycles. The maximum absolute atomic E-state index is 12.6. The van der Waals surface area contributed by atoms with Crippen molar-refractivity contribution in [1.29, 1.82) is 0 Å². The summed E-state index contributed by atoms with van der Waals surface area (Å²) in [4.78, 5) is 19.3. The van der Waals surface area contributed by atoms with E-state index in [0.717, 1.165) is 55.1 Å². The number of nitrogens with one attached hydrogen (secondary N) is 1. The van der Waals surface area contributed by atoms with Crippen molar-refractivity contribution in [2.24, 2.45) is 7.05 Å². The predicted octanol–water partition coefficient (Wildman–Crippen LogP) is 2.04. The first kappa shape index (κ1) is 18.6. The van der Waals surface area contributed by atoms with Crippen molar-refractivity contribution >= 4 is 16.9 Å². The smallest absolute Gasteiger partial charge is 0.253 e. The number of benzene rings is 1. The van der Waals surface area contributed by atoms with Crippen molar-refractivity contribution in [2.75, 3.05) is 26.3 Å². The number of aryl methyl sites for hydroxylation is 2. The molecule has 0 saturated carbocycles. The third-order valence-corrected chi connectivity index (χ3v) is 5.08. The maximum atomic E-state index is 12.6. The molecule has 3 heterocycles. The lowest BCUT2D eigenvalue weighted by molar-refractivity contribution is 0.0342. The molecule has 1 N–H and O–H groups in total. The summed E-state index contributed by atoms with van der Waals surface area (Å²) in [7, 11) is 1.85. The minimum atomic E-state index is -0.128. The van der Waals surface area contributed by atoms with Gasteiger partial charge in [-0.2, -0.15) is 5.10 Å². The number of ether oxygens (including phenoxy) is 1. The zero-order valence-electron chi connectivity index (χ0n) is 16.3. The summed E-state index contributed by atoms with van der Waals surface area (Å²) in [5.41, 5.74) is 4.54. The summed E-state index contributed by atoms with van der Waals surface area (Å²) in [5, 5.41) is 8.25. The normalized spacial score (nSPS) is 15.1. The van der Waals surface area contributed by atoms with Gasteiger partial charge in [0, 0.05) is 44.8 Å². The largest absolute Gasteiger partial charge is 0.379 e. The van der Waals surface area contributed by atoms with Gasteiger partial charge in [-0.25, -0.2) is 4.98 Å². The molecule has 7 heteroatoms. The lowest BCUT2D eigenvalue weighted by Gasteiger charge is -2.26. The number of aromatic nitrogens is 3. The van der Waals surface area contributed by atoms with Crippen molar-refractivity contribution in [3.8, 4) is 0 Å². The van der Waals surface area contributed by atoms with Gasteiger partial charge in [0.15, 0.2) is 5.65 Å². The number of hydrogen-bond donors (Lipinski definition) is 1. The Morgan fingerprint density at radius 2 is 2.00 bits per heavy atom. The number of pyridine rings is 1. The van der Waals surface area contributed by atoms with Gasteiger partial charge in [0.1, 0.15) is 0 Å². The molecule has 1 amide bonds. The van der Waals surface area contributed by atoms with E-state index < -0.39 is 0 Å². The van der Waals surface area contributed by atoms with E-state index >= 15 is 0 Å². The Bertz CT molecular complexity index is 992. The topological polar surface area (TPSA) is 72.3 Å². The molecule has 1 aliphatic rings. The second kappa shape index (κ2) is 8.08. The Labute approximate surface area is 164 Å². The van der Waals surface area contributed by atoms with Gasteiger partial charge in [0.05, 0.1) is 24.5 Å². The van der Waals surface area contributed by atoms with Gasteiger partial charge in [0.25, 0.3) is 5.91 Å². The summed E-state index contributed by atoms with van der Waals surface area (Å²) < 4.78 is 7.13. The molecule has 1 fully saturated rings. The van der Waals surface area contributed by atoms with Gasteiger partial charge in [-0.05, 0) is 24.1 Å². The summed E-state index contributed by atoms with van der Waals surface area (Å²) in [6.07, 6.45) is 1.60. The Morgan fingerprint density at radius 1 is 1.21 bits per heavy atom. The molecule has 1 aliphatic heterocycles. The summed E-state index contributed by atoms with van der Waals surface area (Å²) in [6, 6.07) is 10.2. The van der Waals surface area contributed by atoms with Crippen LogP contribution in [0.2, 0.25) is 0 Å². The lowest BCUT2D eigenvalue weighted by Crippen LogP contribution is -2.35. The maximum Gasteiger partial charge on any atom is 0.253 e. The highest BCUT2D eigenvalue weighted by molar-refractivity contribution is 5.97. The van der Waals surface area contributed by atoms with Crippen LogP contribution in [0.25, 0.3) is 11.0 Å². The first-order chi connectivity index (χ1) is 13.6. The summed E-state index contributed by atoms with van der Waals surface area (Å²) >= 11 is 0. The molecule has 0 unspecified atom stereocenters. The highest BCUT2D eigenvalue weighted by Gasteiger charge is 2.13. The first-order valence-electron chi connectivity index (χ1n) is 9.55. The Hall–Kier alpha value is -2.77. The second-order valence-corrected chi connectivity index (χ2v) is 7.20. The van der Waals surface area contributed by atoms with Crippen LogP contribution >= 0.6 is 0 Å². The van der Waals surface area contributed by atoms with E-state index in [2.05, 4.69) is 32.4 Å². The average molecular weight is 379 g/mol. The lowest BCUT2D eigenvalue weighted by atomic mass is 10.1. The van der Waals surface area contributed by atoms with Crippen molar-refractivity contribution in [2.45, 2.75) is 20.0 Å². The van der Waals surface area contributed by atoms with Crippen molar-refractivity contribution in [3.05, 3.63) is 58.9 Å². The number of carbonyl (C=O) groups is 1. The molecule has 2 aromatic heterocycles. The van der Waals surface area contributed by atoms with Gasteiger partial charge in [0.2, 0.25) is 0 Å². The van der Waals surface area contributed by atoms with Gasteiger partial charge in [-0.15, -0.1) is 0 Å². The van der Waals surface area contributed by atoms with Crippen molar-refractivity contribution < 1.29 is 9.53 Å². The molecular weight excluding hydrogens is 354 g/mol. The highest BCUT2D eigenvalue weighted by Crippen LogP contribution is 2.16. The number of amides is 1. The fourth-order valence-electron chi connectivity index (χ4n) is 3.57. The molecule has 0 atom stereocenters. The Balaban J connectivity index is 1.40. The molecule has 3 aromatic rings. The van der Waals surface area contributed by atoms with E-state index in [9.17, 15) is 4.79 Å². The number of fused-ring (bicyclic) bond motifs is 1. The summed E-state index contributed by atoms with van der Waals surface area (Å²) in [5.74, 6) is -0.128. The molecule has 1 saturated heterocycles. The molecule has 28 heavy (non-hydrogen) atoms. The van der Waals surface area contributed by atoms with Crippen molar-refractivity contribution in [1.82, 2.24) is 25.0 Å². The fraction of sp³-hybridized carbons (Fsp3) is 0.381. The predicted molar refractivity (Wildman–Crippen MR) is 107 cm³/mol. The number of rotatable bonds is 5. The molecule has 146 valence electrons. The van der Waals surface area contributed by atoms with Gasteiger partial charge < -0.3 is 10.1 Å². The van der Waals surface area contributed by atoms with Crippen LogP contribution in [0, 0.1) is 6.92 Å². The van der Waals surface area contributed by atoms with Crippen LogP contribution in [0.3, 0.4) is 0 Å². The standard InChI is InChI=1S/C21H25N5O2/c1-15-19-11-18(13-22-20(19)25(2)24-15)21(27)23-12-16-4-3-5-17(10-16)14-26-6-8-28-9-7-26/h3-5,10-11,13H,6-9,12,14H2,1-2H3,(H,23,27). The van der Waals surface area contributed by atoms with E-state index in [1.165, 1.54) is 5.56 Å². The molecule has 0 bridgehead atoms. The zero-order valence-corrected chi connectivity index (χ0v) is 16.3. The fourth-order valence-corrected chi connectivity index (χ4v) is 3.57. The number of carbonyl (C=O) groups excluding carboxylic acids is 1. The summed E-state index contributed by atoms with van der Waals surface area (Å²) in [6.45, 7) is 6.83. The molecule has 0 radical (unpaired) electrons. The number of nitrogens with zero attached hydrogens (tertiary/aromatic N) is 4. The number of hydrogen-bond acceptors (Lipinski definition) is 5. The van der Waals surface area contributed by atoms with Gasteiger partial charge >= 0.3 is 0 Å². The van der Waals surface area contributed by atoms with E-state index in [0.29, 0.717) is 12.1 Å². The quantitative estimate of drug-likeness (QED) is 0.735. The van der Waals surface area contributed by atoms with Gasteiger partial charge in [-0.1, -0.05) is 24.3 Å². The number of morpholine rings is 1. The highest BCUT2D eigenvalue weighted by atomic mass is 16.5. The van der Waals surface area contributed by atoms with Crippen LogP contribution in [-0.4, -0.2) is 51.9 Å². The van der Waals surface area contributed by atoms with Crippen LogP contribution in [0.5, 0.6) is 0 Å². The van der Waals surface area contributed by atoms with E-state index in [4.69, 9.17) is 4.74 Å². The minimum absolute atomic E-state index is 0.128. The van der Waals surface area contributed by atoms with Crippen LogP contribution in [0.4, 0.5) is 0 Å². The SMILES string of the molecule is Cc1nn(C)c2ncc(C(=O)NCc3cccc(CN4CCOCC4)c3)cc12. The Morgan fingerprint density at radius 3 is 2.82 bits per heavy atom. The van der Waals surface area contributed by atoms with Gasteiger partial charge in [-0.3, -0.25) is 14.4 Å². The van der Waals surface area contributed by atoms with E-state index in [1.54, 1.807) is 10.9 Å². The van der Waals surface area contributed by atoms with Crippen LogP contribution < -0.4 is 5.32 Å². The second-order valence-electron chi connectivity index (χ2n) is 7.20. The third kappa shape index (κ3) is 4.05. The van der Waals surface area contributed by atoms with E-state index in [1.807, 2.05) is 32.2 Å². The molecule has 4 rings (SSSR count). The van der Waals surface area contributed by atoms with E-state index in [-0.39, 0.29) is 5.91 Å². The minimum Gasteiger partial charge on any atom is -0.379 e. The molecular formula is C21H25N5O2. The van der Waals surface area contributed by atoms with Crippen LogP contribution in [0.1, 0.15) is 27.2 Å². The Kier molecular flexibility index (Phi) is 5.36. The van der Waals surface area contributed by atoms with Crippen LogP contribution in [-0.2, 0) is 24.9 Å².